The van der Waals surface area contributed by atoms with Crippen LogP contribution < -0.4 is 21.0 Å². The minimum atomic E-state index is -0.743. The van der Waals surface area contributed by atoms with Gasteiger partial charge in [0.25, 0.3) is 5.91 Å². The Morgan fingerprint density at radius 3 is 2.43 bits per heavy atom. The Hall–Kier alpha value is -4.15. The average molecular weight is 592 g/mol. The van der Waals surface area contributed by atoms with Crippen LogP contribution in [0.1, 0.15) is 50.2 Å². The van der Waals surface area contributed by atoms with Crippen LogP contribution in [0.4, 0.5) is 17.2 Å². The van der Waals surface area contributed by atoms with E-state index in [1.54, 1.807) is 56.6 Å². The number of aromatic nitrogens is 3. The molecular weight excluding hydrogens is 554 g/mol. The molecule has 11 heteroatoms. The fraction of sp³-hybridized carbons (Fsp3) is 0.355. The Morgan fingerprint density at radius 1 is 1.02 bits per heavy atom. The van der Waals surface area contributed by atoms with Crippen LogP contribution in [0.15, 0.2) is 48.5 Å². The van der Waals surface area contributed by atoms with Crippen molar-refractivity contribution in [3.05, 3.63) is 64.8 Å². The highest BCUT2D eigenvalue weighted by Crippen LogP contribution is 2.34. The average Bonchev–Trinajstić information content (AvgIpc) is 3.35. The molecule has 0 radical (unpaired) electrons. The van der Waals surface area contributed by atoms with Gasteiger partial charge >= 0.3 is 0 Å². The number of carbonyl (C=O) groups excluding carboxylic acids is 2. The maximum Gasteiger partial charge on any atom is 0.257 e. The number of pyridine rings is 1. The highest BCUT2D eigenvalue weighted by atomic mass is 35.5. The van der Waals surface area contributed by atoms with Crippen LogP contribution in [0, 0.1) is 17.8 Å². The second-order valence-electron chi connectivity index (χ2n) is 12.2. The molecule has 2 aromatic carbocycles. The Bertz CT molecular complexity index is 1630. The van der Waals surface area contributed by atoms with E-state index in [0.717, 1.165) is 16.7 Å². The SMILES string of the molecule is Cc1nc(NCC(C)(C)CC(C)(C)C(=O)NO)ccc1C(=O)Nc1ccc(Cl)c(-c2nc3ccc(N(C)C)cc3[nH]2)c1. The van der Waals surface area contributed by atoms with Crippen molar-refractivity contribution < 1.29 is 14.8 Å². The molecule has 2 amide bonds. The molecule has 4 aromatic rings. The van der Waals surface area contributed by atoms with Crippen LogP contribution in [-0.2, 0) is 4.79 Å². The van der Waals surface area contributed by atoms with Gasteiger partial charge in [0.15, 0.2) is 0 Å². The molecule has 0 fully saturated rings. The van der Waals surface area contributed by atoms with E-state index in [9.17, 15) is 9.59 Å². The van der Waals surface area contributed by atoms with Crippen LogP contribution in [0.2, 0.25) is 5.02 Å². The number of hydroxylamine groups is 1. The fourth-order valence-corrected chi connectivity index (χ4v) is 5.31. The van der Waals surface area contributed by atoms with E-state index >= 15 is 0 Å². The van der Waals surface area contributed by atoms with Crippen LogP contribution in [-0.4, -0.2) is 52.6 Å². The Kier molecular flexibility index (Phi) is 8.79. The smallest absolute Gasteiger partial charge is 0.257 e. The molecule has 2 heterocycles. The van der Waals surface area contributed by atoms with E-state index in [2.05, 4.69) is 20.6 Å². The molecule has 0 aliphatic rings. The topological polar surface area (TPSA) is 135 Å². The maximum atomic E-state index is 13.2. The number of fused-ring (bicyclic) bond motifs is 1. The lowest BCUT2D eigenvalue weighted by Crippen LogP contribution is -2.40. The minimum absolute atomic E-state index is 0.275. The largest absolute Gasteiger partial charge is 0.378 e. The number of halogens is 1. The summed E-state index contributed by atoms with van der Waals surface area (Å²) in [4.78, 5) is 39.8. The molecule has 0 bridgehead atoms. The molecule has 42 heavy (non-hydrogen) atoms. The first-order valence-corrected chi connectivity index (χ1v) is 14.0. The van der Waals surface area contributed by atoms with Gasteiger partial charge in [0.05, 0.1) is 27.3 Å². The zero-order chi connectivity index (χ0) is 30.8. The lowest BCUT2D eigenvalue weighted by atomic mass is 9.74. The van der Waals surface area contributed by atoms with Crippen LogP contribution in [0.3, 0.4) is 0 Å². The van der Waals surface area contributed by atoms with Crippen molar-refractivity contribution in [2.24, 2.45) is 10.8 Å². The van der Waals surface area contributed by atoms with Gasteiger partial charge in [-0.05, 0) is 67.3 Å². The fourth-order valence-electron chi connectivity index (χ4n) is 5.11. The number of anilines is 3. The molecule has 0 atom stereocenters. The summed E-state index contributed by atoms with van der Waals surface area (Å²) in [5, 5.41) is 15.8. The second kappa shape index (κ2) is 12.0. The van der Waals surface area contributed by atoms with E-state index in [0.29, 0.717) is 52.1 Å². The van der Waals surface area contributed by atoms with E-state index in [4.69, 9.17) is 21.8 Å². The predicted molar refractivity (Wildman–Crippen MR) is 168 cm³/mol. The third kappa shape index (κ3) is 7.00. The predicted octanol–water partition coefficient (Wildman–Crippen LogP) is 6.26. The quantitative estimate of drug-likeness (QED) is 0.108. The lowest BCUT2D eigenvalue weighted by Gasteiger charge is -2.33. The molecule has 0 unspecified atom stereocenters. The number of hydrogen-bond acceptors (Lipinski definition) is 7. The summed E-state index contributed by atoms with van der Waals surface area (Å²) in [5.74, 6) is 0.511. The number of nitrogens with one attached hydrogen (secondary N) is 4. The van der Waals surface area contributed by atoms with Gasteiger partial charge in [-0.3, -0.25) is 14.8 Å². The first-order valence-electron chi connectivity index (χ1n) is 13.6. The van der Waals surface area contributed by atoms with Gasteiger partial charge < -0.3 is 20.5 Å². The lowest BCUT2D eigenvalue weighted by molar-refractivity contribution is -0.139. The molecule has 4 rings (SSSR count). The summed E-state index contributed by atoms with van der Waals surface area (Å²) >= 11 is 6.53. The zero-order valence-corrected chi connectivity index (χ0v) is 25.8. The standard InChI is InChI=1S/C31H38ClN7O3/c1-18-21(10-13-26(34-18)33-17-30(2,3)16-31(4,5)29(41)38-42)28(40)35-19-8-11-23(32)22(14-19)27-36-24-12-9-20(39(6)7)15-25(24)37-27/h8-15,42H,16-17H2,1-7H3,(H,33,34)(H,35,40)(H,36,37)(H,38,41). The molecule has 0 aliphatic carbocycles. The van der Waals surface area contributed by atoms with Crippen molar-refractivity contribution in [2.45, 2.75) is 41.0 Å². The third-order valence-corrected chi connectivity index (χ3v) is 7.51. The summed E-state index contributed by atoms with van der Waals surface area (Å²) in [5.41, 5.74) is 5.75. The Balaban J connectivity index is 1.46. The molecule has 0 spiro atoms. The van der Waals surface area contributed by atoms with Crippen molar-refractivity contribution >= 4 is 51.6 Å². The highest BCUT2D eigenvalue weighted by Gasteiger charge is 2.34. The van der Waals surface area contributed by atoms with E-state index in [1.165, 1.54) is 0 Å². The van der Waals surface area contributed by atoms with Crippen molar-refractivity contribution in [2.75, 3.05) is 36.2 Å². The van der Waals surface area contributed by atoms with Gasteiger partial charge in [-0.25, -0.2) is 15.4 Å². The molecule has 10 nitrogen and oxygen atoms in total. The van der Waals surface area contributed by atoms with Gasteiger partial charge in [0, 0.05) is 43.0 Å². The summed E-state index contributed by atoms with van der Waals surface area (Å²) in [6.45, 7) is 9.97. The summed E-state index contributed by atoms with van der Waals surface area (Å²) < 4.78 is 0. The van der Waals surface area contributed by atoms with Crippen molar-refractivity contribution in [3.63, 3.8) is 0 Å². The van der Waals surface area contributed by atoms with E-state index in [-0.39, 0.29) is 11.3 Å². The number of benzene rings is 2. The minimum Gasteiger partial charge on any atom is -0.378 e. The summed E-state index contributed by atoms with van der Waals surface area (Å²) in [6.07, 6.45) is 0.535. The summed E-state index contributed by atoms with van der Waals surface area (Å²) in [6, 6.07) is 14.7. The van der Waals surface area contributed by atoms with Crippen LogP contribution >= 0.6 is 11.6 Å². The molecule has 2 aromatic heterocycles. The molecule has 0 aliphatic heterocycles. The van der Waals surface area contributed by atoms with Crippen molar-refractivity contribution in [1.82, 2.24) is 20.4 Å². The molecule has 0 saturated heterocycles. The number of imidazole rings is 1. The second-order valence-corrected chi connectivity index (χ2v) is 12.6. The van der Waals surface area contributed by atoms with Crippen molar-refractivity contribution in [1.29, 1.82) is 0 Å². The molecular formula is C31H38ClN7O3. The van der Waals surface area contributed by atoms with Crippen LogP contribution in [0.25, 0.3) is 22.4 Å². The molecule has 222 valence electrons. The number of nitrogens with zero attached hydrogens (tertiary/aromatic N) is 3. The van der Waals surface area contributed by atoms with Gasteiger partial charge in [0.1, 0.15) is 11.6 Å². The molecule has 5 N–H and O–H groups in total. The first-order chi connectivity index (χ1) is 19.7. The van der Waals surface area contributed by atoms with E-state index in [1.807, 2.05) is 51.0 Å². The third-order valence-electron chi connectivity index (χ3n) is 7.18. The number of aryl methyl sites for hydroxylation is 1. The monoisotopic (exact) mass is 591 g/mol. The van der Waals surface area contributed by atoms with E-state index < -0.39 is 11.3 Å². The highest BCUT2D eigenvalue weighted by molar-refractivity contribution is 6.33. The van der Waals surface area contributed by atoms with Gasteiger partial charge in [-0.2, -0.15) is 0 Å². The number of aromatic amines is 1. The number of hydrogen-bond donors (Lipinski definition) is 5. The van der Waals surface area contributed by atoms with Gasteiger partial charge in [-0.1, -0.05) is 39.3 Å². The number of carbonyl (C=O) groups is 2. The normalized spacial score (nSPS) is 11.8. The first kappa shape index (κ1) is 30.8. The Morgan fingerprint density at radius 2 is 1.76 bits per heavy atom. The number of H-pyrrole nitrogens is 1. The number of amides is 2. The number of rotatable bonds is 10. The van der Waals surface area contributed by atoms with Gasteiger partial charge in [0.2, 0.25) is 5.91 Å². The maximum absolute atomic E-state index is 13.2. The van der Waals surface area contributed by atoms with Gasteiger partial charge in [-0.15, -0.1) is 0 Å². The van der Waals surface area contributed by atoms with Crippen molar-refractivity contribution in [3.8, 4) is 11.4 Å². The summed E-state index contributed by atoms with van der Waals surface area (Å²) in [7, 11) is 3.96. The zero-order valence-electron chi connectivity index (χ0n) is 25.0. The van der Waals surface area contributed by atoms with Crippen LogP contribution in [0.5, 0.6) is 0 Å². The molecule has 0 saturated carbocycles. The Labute approximate surface area is 250 Å².